The van der Waals surface area contributed by atoms with Crippen LogP contribution in [0.2, 0.25) is 0 Å². The van der Waals surface area contributed by atoms with Crippen LogP contribution in [0.15, 0.2) is 30.3 Å². The molecule has 1 fully saturated rings. The van der Waals surface area contributed by atoms with Crippen LogP contribution in [0.4, 0.5) is 4.39 Å². The van der Waals surface area contributed by atoms with Gasteiger partial charge in [-0.15, -0.1) is 0 Å². The van der Waals surface area contributed by atoms with Crippen LogP contribution >= 0.6 is 0 Å². The lowest BCUT2D eigenvalue weighted by molar-refractivity contribution is -0.290. The monoisotopic (exact) mass is 624 g/mol. The van der Waals surface area contributed by atoms with Gasteiger partial charge in [-0.1, -0.05) is 52.0 Å². The number of hydrogen-bond acceptors (Lipinski definition) is 7. The Balaban J connectivity index is 1.82. The van der Waals surface area contributed by atoms with Gasteiger partial charge in [0.05, 0.1) is 30.0 Å². The summed E-state index contributed by atoms with van der Waals surface area (Å²) in [5, 5.41) is 0. The molecule has 45 heavy (non-hydrogen) atoms. The average Bonchev–Trinajstić information content (AvgIpc) is 2.89. The lowest BCUT2D eigenvalue weighted by atomic mass is 9.77. The van der Waals surface area contributed by atoms with E-state index >= 15 is 0 Å². The maximum Gasteiger partial charge on any atom is 0.308 e. The summed E-state index contributed by atoms with van der Waals surface area (Å²) in [4.78, 5) is 32.8. The van der Waals surface area contributed by atoms with Crippen molar-refractivity contribution in [2.24, 2.45) is 0 Å². The molecule has 246 valence electrons. The van der Waals surface area contributed by atoms with Gasteiger partial charge in [0.25, 0.3) is 0 Å². The van der Waals surface area contributed by atoms with E-state index in [1.165, 1.54) is 19.2 Å². The van der Waals surface area contributed by atoms with E-state index in [9.17, 15) is 14.0 Å². The summed E-state index contributed by atoms with van der Waals surface area (Å²) in [5.41, 5.74) is 4.41. The summed E-state index contributed by atoms with van der Waals surface area (Å²) in [6.45, 7) is 18.5. The zero-order valence-corrected chi connectivity index (χ0v) is 28.5. The van der Waals surface area contributed by atoms with Crippen molar-refractivity contribution in [2.45, 2.75) is 117 Å². The van der Waals surface area contributed by atoms with Crippen LogP contribution in [0, 0.1) is 5.82 Å². The number of ether oxygens (including phenoxy) is 4. The smallest absolute Gasteiger partial charge is 0.308 e. The molecule has 3 heterocycles. The number of amides is 1. The summed E-state index contributed by atoms with van der Waals surface area (Å²) in [5.74, 6) is -1.58. The molecule has 0 radical (unpaired) electrons. The van der Waals surface area contributed by atoms with Gasteiger partial charge in [-0.25, -0.2) is 4.39 Å². The number of hydrogen-bond donors (Lipinski definition) is 0. The fourth-order valence-electron chi connectivity index (χ4n) is 6.28. The molecular weight excluding hydrogens is 575 g/mol. The normalized spacial score (nSPS) is 21.2. The predicted octanol–water partition coefficient (Wildman–Crippen LogP) is 6.93. The Morgan fingerprint density at radius 3 is 2.40 bits per heavy atom. The van der Waals surface area contributed by atoms with Crippen molar-refractivity contribution in [1.29, 1.82) is 0 Å². The van der Waals surface area contributed by atoms with Crippen LogP contribution in [-0.4, -0.2) is 65.6 Å². The Labute approximate surface area is 267 Å². The fraction of sp³-hybridized carbons (Fsp3) is 0.583. The molecule has 1 saturated heterocycles. The second-order valence-corrected chi connectivity index (χ2v) is 14.5. The minimum Gasteiger partial charge on any atom is -0.460 e. The molecule has 0 saturated carbocycles. The van der Waals surface area contributed by atoms with E-state index in [-0.39, 0.29) is 48.8 Å². The zero-order valence-electron chi connectivity index (χ0n) is 28.5. The minimum absolute atomic E-state index is 0.0110. The van der Waals surface area contributed by atoms with Gasteiger partial charge in [0.1, 0.15) is 18.0 Å². The van der Waals surface area contributed by atoms with Crippen LogP contribution in [0.25, 0.3) is 17.2 Å². The van der Waals surface area contributed by atoms with Gasteiger partial charge in [0.2, 0.25) is 5.91 Å². The Morgan fingerprint density at radius 2 is 1.80 bits per heavy atom. The van der Waals surface area contributed by atoms with Gasteiger partial charge in [-0.3, -0.25) is 14.6 Å². The molecule has 1 aromatic heterocycles. The summed E-state index contributed by atoms with van der Waals surface area (Å²) in [6.07, 6.45) is 3.87. The third-order valence-electron chi connectivity index (χ3n) is 7.91. The van der Waals surface area contributed by atoms with Crippen molar-refractivity contribution in [3.8, 4) is 11.1 Å². The molecule has 2 aliphatic rings. The lowest BCUT2D eigenvalue weighted by Gasteiger charge is -2.41. The lowest BCUT2D eigenvalue weighted by Crippen LogP contribution is -2.47. The van der Waals surface area contributed by atoms with Crippen LogP contribution in [0.1, 0.15) is 104 Å². The molecule has 0 spiro atoms. The van der Waals surface area contributed by atoms with E-state index in [0.29, 0.717) is 19.5 Å². The molecule has 1 amide bonds. The number of esters is 1. The summed E-state index contributed by atoms with van der Waals surface area (Å²) < 4.78 is 37.3. The first-order valence-electron chi connectivity index (χ1n) is 15.7. The number of halogens is 1. The van der Waals surface area contributed by atoms with Gasteiger partial charge in [-0.2, -0.15) is 0 Å². The number of carbonyl (C=O) groups is 2. The summed E-state index contributed by atoms with van der Waals surface area (Å²) in [7, 11) is 1.52. The Kier molecular flexibility index (Phi) is 10.3. The molecular formula is C36H49FN2O6. The second-order valence-electron chi connectivity index (χ2n) is 14.5. The average molecular weight is 625 g/mol. The molecule has 8 nitrogen and oxygen atoms in total. The van der Waals surface area contributed by atoms with E-state index < -0.39 is 16.8 Å². The third kappa shape index (κ3) is 8.57. The molecule has 0 N–H and O–H groups in total. The topological polar surface area (TPSA) is 87.2 Å². The van der Waals surface area contributed by atoms with E-state index in [1.807, 2.05) is 51.7 Å². The zero-order chi connectivity index (χ0) is 33.3. The van der Waals surface area contributed by atoms with Gasteiger partial charge >= 0.3 is 5.97 Å². The van der Waals surface area contributed by atoms with E-state index in [4.69, 9.17) is 23.9 Å². The molecule has 2 atom stereocenters. The largest absolute Gasteiger partial charge is 0.460 e. The van der Waals surface area contributed by atoms with Crippen molar-refractivity contribution in [2.75, 3.05) is 20.3 Å². The number of pyridine rings is 1. The van der Waals surface area contributed by atoms with Crippen molar-refractivity contribution in [3.05, 3.63) is 58.7 Å². The van der Waals surface area contributed by atoms with Crippen molar-refractivity contribution in [3.63, 3.8) is 0 Å². The highest BCUT2D eigenvalue weighted by molar-refractivity contribution is 5.83. The first-order chi connectivity index (χ1) is 20.9. The van der Waals surface area contributed by atoms with Crippen LogP contribution in [0.5, 0.6) is 0 Å². The predicted molar refractivity (Wildman–Crippen MR) is 172 cm³/mol. The van der Waals surface area contributed by atoms with E-state index in [0.717, 1.165) is 33.6 Å². The number of aromatic nitrogens is 1. The quantitative estimate of drug-likeness (QED) is 0.294. The number of methoxy groups -OCH3 is 1. The van der Waals surface area contributed by atoms with Crippen molar-refractivity contribution in [1.82, 2.24) is 9.88 Å². The van der Waals surface area contributed by atoms with E-state index in [1.54, 1.807) is 12.1 Å². The standard InChI is InChI=1S/C36H49FN2O6/c1-22(2)32-27(16-15-25-17-26(44-36(8,9)43-25)18-30(41)45-34(3,4)5)31(23-11-13-24(37)14-12-23)28-19-39(29(40)20-42-10)21-35(6,7)33(28)38-32/h11-16,22,25-26H,17-21H2,1-10H3/b16-15+/t25-,26-/m1/s1. The van der Waals surface area contributed by atoms with Gasteiger partial charge in [-0.05, 0) is 63.8 Å². The van der Waals surface area contributed by atoms with Gasteiger partial charge in [0, 0.05) is 43.2 Å². The van der Waals surface area contributed by atoms with Crippen LogP contribution in [-0.2, 0) is 40.5 Å². The maximum absolute atomic E-state index is 14.2. The van der Waals surface area contributed by atoms with Gasteiger partial charge < -0.3 is 23.8 Å². The number of fused-ring (bicyclic) bond motifs is 1. The maximum atomic E-state index is 14.2. The summed E-state index contributed by atoms with van der Waals surface area (Å²) >= 11 is 0. The highest BCUT2D eigenvalue weighted by atomic mass is 19.1. The third-order valence-corrected chi connectivity index (χ3v) is 7.91. The first-order valence-corrected chi connectivity index (χ1v) is 15.7. The molecule has 2 aliphatic heterocycles. The summed E-state index contributed by atoms with van der Waals surface area (Å²) in [6, 6.07) is 6.47. The molecule has 0 aliphatic carbocycles. The van der Waals surface area contributed by atoms with Crippen LogP contribution < -0.4 is 0 Å². The first kappa shape index (κ1) is 34.7. The Morgan fingerprint density at radius 1 is 1.13 bits per heavy atom. The molecule has 0 bridgehead atoms. The SMILES string of the molecule is COCC(=O)N1Cc2c(nc(C(C)C)c(/C=C/[C@@H]3C[C@H](CC(=O)OC(C)(C)C)OC(C)(C)O3)c2-c2ccc(F)cc2)C(C)(C)C1. The molecule has 1 aromatic carbocycles. The molecule has 2 aromatic rings. The Bertz CT molecular complexity index is 1420. The van der Waals surface area contributed by atoms with Gasteiger partial charge in [0.15, 0.2) is 5.79 Å². The highest BCUT2D eigenvalue weighted by Gasteiger charge is 2.39. The van der Waals surface area contributed by atoms with Crippen molar-refractivity contribution < 1.29 is 32.9 Å². The number of benzene rings is 1. The number of carbonyl (C=O) groups excluding carboxylic acids is 2. The number of rotatable bonds is 8. The molecule has 0 unspecified atom stereocenters. The molecule has 9 heteroatoms. The number of nitrogens with zero attached hydrogens (tertiary/aromatic N) is 2. The highest BCUT2D eigenvalue weighted by Crippen LogP contribution is 2.43. The Hall–Kier alpha value is -3.14. The van der Waals surface area contributed by atoms with Crippen molar-refractivity contribution >= 4 is 18.0 Å². The minimum atomic E-state index is -0.916. The molecule has 4 rings (SSSR count). The second kappa shape index (κ2) is 13.3. The fourth-order valence-corrected chi connectivity index (χ4v) is 6.28. The van der Waals surface area contributed by atoms with Crippen LogP contribution in [0.3, 0.4) is 0 Å². The van der Waals surface area contributed by atoms with E-state index in [2.05, 4.69) is 27.7 Å².